The molecule has 0 radical (unpaired) electrons. The number of rotatable bonds is 7. The number of hydrogen-bond donors (Lipinski definition) is 0. The molecule has 2 heteroatoms. The van der Waals surface area contributed by atoms with Gasteiger partial charge in [-0.25, -0.2) is 0 Å². The van der Waals surface area contributed by atoms with Crippen LogP contribution >= 0.6 is 0 Å². The molecule has 0 atom stereocenters. The van der Waals surface area contributed by atoms with E-state index in [0.717, 1.165) is 28.3 Å². The van der Waals surface area contributed by atoms with Crippen LogP contribution in [0.2, 0.25) is 0 Å². The third-order valence-corrected chi connectivity index (χ3v) is 13.6. The molecule has 308 valence electrons. The predicted molar refractivity (Wildman–Crippen MR) is 282 cm³/mol. The van der Waals surface area contributed by atoms with Crippen molar-refractivity contribution in [2.75, 3.05) is 4.90 Å². The minimum Gasteiger partial charge on any atom is -0.311 e. The van der Waals surface area contributed by atoms with Crippen molar-refractivity contribution >= 4 is 82.0 Å². The van der Waals surface area contributed by atoms with E-state index in [4.69, 9.17) is 0 Å². The van der Waals surface area contributed by atoms with Crippen molar-refractivity contribution in [1.29, 1.82) is 0 Å². The van der Waals surface area contributed by atoms with Crippen LogP contribution < -0.4 is 4.90 Å². The highest BCUT2D eigenvalue weighted by Crippen LogP contribution is 2.42. The molecule has 0 fully saturated rings. The Balaban J connectivity index is 0.907. The Morgan fingerprint density at radius 3 is 1.32 bits per heavy atom. The van der Waals surface area contributed by atoms with Crippen molar-refractivity contribution in [3.05, 3.63) is 255 Å². The number of nitrogens with zero attached hydrogens (tertiary/aromatic N) is 2. The Morgan fingerprint density at radius 1 is 0.242 bits per heavy atom. The monoisotopic (exact) mass is 838 g/mol. The lowest BCUT2D eigenvalue weighted by Gasteiger charge is -2.26. The summed E-state index contributed by atoms with van der Waals surface area (Å²) in [6, 6.07) is 93.2. The van der Waals surface area contributed by atoms with Crippen LogP contribution in [0.3, 0.4) is 0 Å². The molecule has 1 heterocycles. The molecule has 66 heavy (non-hydrogen) atoms. The molecular weight excluding hydrogens is 797 g/mol. The number of aromatic nitrogens is 1. The van der Waals surface area contributed by atoms with Gasteiger partial charge in [-0.3, -0.25) is 0 Å². The van der Waals surface area contributed by atoms with Crippen molar-refractivity contribution in [3.63, 3.8) is 0 Å². The third kappa shape index (κ3) is 6.26. The molecule has 0 spiro atoms. The zero-order valence-corrected chi connectivity index (χ0v) is 36.1. The molecule has 0 unspecified atom stereocenters. The molecule has 13 rings (SSSR count). The smallest absolute Gasteiger partial charge is 0.0547 e. The number of hydrogen-bond acceptors (Lipinski definition) is 1. The molecule has 0 aliphatic carbocycles. The van der Waals surface area contributed by atoms with Crippen LogP contribution in [0.4, 0.5) is 17.1 Å². The molecule has 0 amide bonds. The maximum absolute atomic E-state index is 2.45. The van der Waals surface area contributed by atoms with E-state index in [1.807, 2.05) is 0 Å². The van der Waals surface area contributed by atoms with Gasteiger partial charge in [0.25, 0.3) is 0 Å². The van der Waals surface area contributed by atoms with E-state index < -0.39 is 0 Å². The SMILES string of the molecule is c1ccc(-c2ccc(N(c3ccc(-c4ccc5c6ccccc6c6ccccc6c5c4)cc3)c3ccc(-c4ccccc4-n4c5ccccc5c5cc6ccccc6cc54)cc3)cc2)cc1. The van der Waals surface area contributed by atoms with Crippen LogP contribution in [-0.4, -0.2) is 4.57 Å². The fourth-order valence-corrected chi connectivity index (χ4v) is 10.4. The zero-order valence-electron chi connectivity index (χ0n) is 36.1. The molecule has 12 aromatic carbocycles. The highest BCUT2D eigenvalue weighted by molar-refractivity contribution is 6.25. The summed E-state index contributed by atoms with van der Waals surface area (Å²) < 4.78 is 2.45. The van der Waals surface area contributed by atoms with Gasteiger partial charge in [-0.15, -0.1) is 0 Å². The molecule has 0 saturated carbocycles. The minimum atomic E-state index is 1.09. The summed E-state index contributed by atoms with van der Waals surface area (Å²) in [6.07, 6.45) is 0. The van der Waals surface area contributed by atoms with E-state index in [1.54, 1.807) is 0 Å². The van der Waals surface area contributed by atoms with E-state index in [9.17, 15) is 0 Å². The van der Waals surface area contributed by atoms with E-state index in [-0.39, 0.29) is 0 Å². The van der Waals surface area contributed by atoms with Crippen molar-refractivity contribution in [2.45, 2.75) is 0 Å². The number of benzene rings is 12. The maximum atomic E-state index is 2.45. The highest BCUT2D eigenvalue weighted by atomic mass is 15.1. The first-order valence-electron chi connectivity index (χ1n) is 22.7. The van der Waals surface area contributed by atoms with Gasteiger partial charge in [0.15, 0.2) is 0 Å². The van der Waals surface area contributed by atoms with Gasteiger partial charge in [-0.2, -0.15) is 0 Å². The lowest BCUT2D eigenvalue weighted by atomic mass is 9.92. The summed E-state index contributed by atoms with van der Waals surface area (Å²) in [5, 5.41) is 12.7. The highest BCUT2D eigenvalue weighted by Gasteiger charge is 2.18. The lowest BCUT2D eigenvalue weighted by Crippen LogP contribution is -2.09. The first kappa shape index (κ1) is 37.8. The van der Waals surface area contributed by atoms with Crippen LogP contribution in [0.5, 0.6) is 0 Å². The Morgan fingerprint density at radius 2 is 0.682 bits per heavy atom. The van der Waals surface area contributed by atoms with Crippen LogP contribution in [0.15, 0.2) is 255 Å². The molecule has 1 aromatic heterocycles. The summed E-state index contributed by atoms with van der Waals surface area (Å²) in [7, 11) is 0. The maximum Gasteiger partial charge on any atom is 0.0547 e. The third-order valence-electron chi connectivity index (χ3n) is 13.6. The summed E-state index contributed by atoms with van der Waals surface area (Å²) in [6.45, 7) is 0. The van der Waals surface area contributed by atoms with Gasteiger partial charge in [-0.1, -0.05) is 188 Å². The van der Waals surface area contributed by atoms with Gasteiger partial charge >= 0.3 is 0 Å². The van der Waals surface area contributed by atoms with E-state index in [1.165, 1.54) is 92.7 Å². The summed E-state index contributed by atoms with van der Waals surface area (Å²) in [4.78, 5) is 2.37. The molecule has 2 nitrogen and oxygen atoms in total. The van der Waals surface area contributed by atoms with E-state index >= 15 is 0 Å². The number of para-hydroxylation sites is 2. The fraction of sp³-hybridized carbons (Fsp3) is 0. The lowest BCUT2D eigenvalue weighted by molar-refractivity contribution is 1.18. The Hall–Kier alpha value is -8.72. The summed E-state index contributed by atoms with van der Waals surface area (Å²) in [5.41, 5.74) is 14.0. The first-order valence-corrected chi connectivity index (χ1v) is 22.7. The number of fused-ring (bicyclic) bond motifs is 10. The first-order chi connectivity index (χ1) is 32.7. The second-order valence-electron chi connectivity index (χ2n) is 17.3. The molecule has 0 bridgehead atoms. The molecule has 0 aliphatic heterocycles. The average molecular weight is 839 g/mol. The van der Waals surface area contributed by atoms with Crippen LogP contribution in [0, 0.1) is 0 Å². The van der Waals surface area contributed by atoms with Gasteiger partial charge < -0.3 is 9.47 Å². The largest absolute Gasteiger partial charge is 0.311 e. The Bertz CT molecular complexity index is 3920. The van der Waals surface area contributed by atoms with Gasteiger partial charge in [0.2, 0.25) is 0 Å². The molecule has 0 N–H and O–H groups in total. The van der Waals surface area contributed by atoms with E-state index in [0.29, 0.717) is 0 Å². The molecule has 0 saturated heterocycles. The molecule has 0 aliphatic rings. The summed E-state index contributed by atoms with van der Waals surface area (Å²) >= 11 is 0. The topological polar surface area (TPSA) is 8.17 Å². The minimum absolute atomic E-state index is 1.09. The van der Waals surface area contributed by atoms with Crippen LogP contribution in [0.25, 0.3) is 104 Å². The van der Waals surface area contributed by atoms with Crippen molar-refractivity contribution in [3.8, 4) is 39.1 Å². The zero-order chi connectivity index (χ0) is 43.6. The summed E-state index contributed by atoms with van der Waals surface area (Å²) in [5.74, 6) is 0. The van der Waals surface area contributed by atoms with E-state index in [2.05, 4.69) is 264 Å². The quantitative estimate of drug-likeness (QED) is 0.145. The van der Waals surface area contributed by atoms with Gasteiger partial charge in [0.1, 0.15) is 0 Å². The predicted octanol–water partition coefficient (Wildman–Crippen LogP) is 17.9. The molecule has 13 aromatic rings. The molecular formula is C64H42N2. The van der Waals surface area contributed by atoms with Crippen molar-refractivity contribution in [1.82, 2.24) is 4.57 Å². The normalized spacial score (nSPS) is 11.6. The van der Waals surface area contributed by atoms with Gasteiger partial charge in [0.05, 0.1) is 16.7 Å². The second kappa shape index (κ2) is 15.5. The van der Waals surface area contributed by atoms with Crippen molar-refractivity contribution in [2.24, 2.45) is 0 Å². The average Bonchev–Trinajstić information content (AvgIpc) is 3.71. The Kier molecular flexibility index (Phi) is 8.89. The van der Waals surface area contributed by atoms with Crippen LogP contribution in [-0.2, 0) is 0 Å². The fourth-order valence-electron chi connectivity index (χ4n) is 10.4. The van der Waals surface area contributed by atoms with Gasteiger partial charge in [0, 0.05) is 33.4 Å². The second-order valence-corrected chi connectivity index (χ2v) is 17.3. The Labute approximate surface area is 383 Å². The standard InChI is InChI=1S/C64H42N2/c1-2-14-43(15-3-1)44-26-33-50(34-27-44)65(51-35-28-45(29-36-51)49-32-39-58-56-21-7-6-19-54(56)55-20-8-9-22-57(55)60(58)40-49)52-37-30-46(31-38-52)53-18-10-12-24-62(53)66-63-25-13-11-23-59(63)61-41-47-16-4-5-17-48(47)42-64(61)66/h1-42H. The van der Waals surface area contributed by atoms with Crippen molar-refractivity contribution < 1.29 is 0 Å². The van der Waals surface area contributed by atoms with Crippen LogP contribution in [0.1, 0.15) is 0 Å². The number of anilines is 3. The van der Waals surface area contributed by atoms with Gasteiger partial charge in [-0.05, 0) is 138 Å².